The van der Waals surface area contributed by atoms with Gasteiger partial charge in [-0.1, -0.05) is 30.3 Å². The Morgan fingerprint density at radius 1 is 0.971 bits per heavy atom. The third-order valence-corrected chi connectivity index (χ3v) is 8.29. The van der Waals surface area contributed by atoms with Crippen molar-refractivity contribution in [3.05, 3.63) is 65.7 Å². The Morgan fingerprint density at radius 2 is 1.57 bits per heavy atom. The first-order valence-corrected chi connectivity index (χ1v) is 13.6. The van der Waals surface area contributed by atoms with Crippen LogP contribution in [0.25, 0.3) is 0 Å². The van der Waals surface area contributed by atoms with E-state index in [4.69, 9.17) is 4.74 Å². The summed E-state index contributed by atoms with van der Waals surface area (Å²) >= 11 is 0. The van der Waals surface area contributed by atoms with Crippen molar-refractivity contribution in [3.63, 3.8) is 0 Å². The molecule has 2 aliphatic heterocycles. The summed E-state index contributed by atoms with van der Waals surface area (Å²) < 4.78 is 33.3. The summed E-state index contributed by atoms with van der Waals surface area (Å²) in [5.41, 5.74) is 1.26. The van der Waals surface area contributed by atoms with Gasteiger partial charge in [0, 0.05) is 38.2 Å². The summed E-state index contributed by atoms with van der Waals surface area (Å²) in [5, 5.41) is 2.89. The molecule has 2 amide bonds. The number of morpholine rings is 1. The number of benzene rings is 2. The number of sulfonamides is 1. The van der Waals surface area contributed by atoms with Gasteiger partial charge in [0.05, 0.1) is 17.1 Å². The van der Waals surface area contributed by atoms with Gasteiger partial charge in [0.25, 0.3) is 5.91 Å². The number of nitrogens with zero attached hydrogens (tertiary/aromatic N) is 2. The highest BCUT2D eigenvalue weighted by Gasteiger charge is 2.32. The third kappa shape index (κ3) is 6.09. The Labute approximate surface area is 207 Å². The molecule has 0 bridgehead atoms. The smallest absolute Gasteiger partial charge is 0.251 e. The van der Waals surface area contributed by atoms with Crippen molar-refractivity contribution in [3.8, 4) is 0 Å². The number of carbonyl (C=O) groups is 2. The van der Waals surface area contributed by atoms with Crippen molar-refractivity contribution < 1.29 is 22.7 Å². The fraction of sp³-hybridized carbons (Fsp3) is 0.462. The molecule has 2 heterocycles. The van der Waals surface area contributed by atoms with E-state index in [2.05, 4.69) is 5.32 Å². The zero-order valence-electron chi connectivity index (χ0n) is 20.2. The topological polar surface area (TPSA) is 96.0 Å². The zero-order valence-corrected chi connectivity index (χ0v) is 21.0. The predicted molar refractivity (Wildman–Crippen MR) is 132 cm³/mol. The van der Waals surface area contributed by atoms with E-state index in [-0.39, 0.29) is 36.1 Å². The monoisotopic (exact) mass is 499 g/mol. The molecule has 0 unspecified atom stereocenters. The van der Waals surface area contributed by atoms with Crippen molar-refractivity contribution in [2.45, 2.75) is 56.3 Å². The molecule has 2 aliphatic rings. The number of rotatable bonds is 7. The Balaban J connectivity index is 1.48. The highest BCUT2D eigenvalue weighted by atomic mass is 32.2. The molecule has 8 nitrogen and oxygen atoms in total. The molecule has 1 N–H and O–H groups in total. The molecule has 0 aliphatic carbocycles. The molecular formula is C26H33N3O5S. The van der Waals surface area contributed by atoms with Crippen LogP contribution in [0.2, 0.25) is 0 Å². The lowest BCUT2D eigenvalue weighted by molar-refractivity contribution is -0.132. The van der Waals surface area contributed by atoms with E-state index in [1.807, 2.05) is 44.2 Å². The Kier molecular flexibility index (Phi) is 7.88. The third-order valence-electron chi connectivity index (χ3n) is 6.44. The molecule has 9 heteroatoms. The quantitative estimate of drug-likeness (QED) is 0.631. The minimum atomic E-state index is -3.70. The lowest BCUT2D eigenvalue weighted by atomic mass is 10.0. The average Bonchev–Trinajstić information content (AvgIpc) is 3.38. The molecule has 2 aromatic rings. The first-order valence-electron chi connectivity index (χ1n) is 12.1. The first kappa shape index (κ1) is 25.3. The number of carbonyl (C=O) groups excluding carboxylic acids is 2. The van der Waals surface area contributed by atoms with Crippen molar-refractivity contribution in [1.82, 2.24) is 14.5 Å². The summed E-state index contributed by atoms with van der Waals surface area (Å²) in [4.78, 5) is 28.1. The van der Waals surface area contributed by atoms with E-state index in [0.29, 0.717) is 25.1 Å². The van der Waals surface area contributed by atoms with Crippen LogP contribution in [0.15, 0.2) is 59.5 Å². The second kappa shape index (κ2) is 10.9. The van der Waals surface area contributed by atoms with E-state index in [0.717, 1.165) is 18.4 Å². The van der Waals surface area contributed by atoms with Crippen molar-refractivity contribution >= 4 is 21.8 Å². The first-order chi connectivity index (χ1) is 16.7. The predicted octanol–water partition coefficient (Wildman–Crippen LogP) is 2.45. The maximum atomic E-state index is 13.1. The summed E-state index contributed by atoms with van der Waals surface area (Å²) in [6.45, 7) is 5.67. The largest absolute Gasteiger partial charge is 0.373 e. The molecule has 3 atom stereocenters. The van der Waals surface area contributed by atoms with Crippen LogP contribution in [0.3, 0.4) is 0 Å². The Bertz CT molecular complexity index is 1120. The van der Waals surface area contributed by atoms with Crippen LogP contribution in [-0.2, 0) is 26.0 Å². The van der Waals surface area contributed by atoms with Crippen LogP contribution in [-0.4, -0.2) is 73.9 Å². The van der Waals surface area contributed by atoms with Crippen molar-refractivity contribution in [2.75, 3.05) is 26.2 Å². The van der Waals surface area contributed by atoms with E-state index in [1.54, 1.807) is 4.90 Å². The van der Waals surface area contributed by atoms with E-state index in [1.165, 1.54) is 28.6 Å². The van der Waals surface area contributed by atoms with Gasteiger partial charge in [0.15, 0.2) is 0 Å². The molecule has 0 spiro atoms. The second-order valence-corrected chi connectivity index (χ2v) is 11.3. The minimum absolute atomic E-state index is 0.0885. The van der Waals surface area contributed by atoms with Gasteiger partial charge >= 0.3 is 0 Å². The number of ether oxygens (including phenoxy) is 1. The lowest BCUT2D eigenvalue weighted by Crippen LogP contribution is -2.49. The van der Waals surface area contributed by atoms with Crippen LogP contribution in [0, 0.1) is 0 Å². The van der Waals surface area contributed by atoms with Crippen molar-refractivity contribution in [2.24, 2.45) is 0 Å². The van der Waals surface area contributed by atoms with Gasteiger partial charge in [0.1, 0.15) is 6.04 Å². The second-order valence-electron chi connectivity index (χ2n) is 9.35. The summed E-state index contributed by atoms with van der Waals surface area (Å²) in [6, 6.07) is 14.8. The van der Waals surface area contributed by atoms with Crippen molar-refractivity contribution in [1.29, 1.82) is 0 Å². The van der Waals surface area contributed by atoms with Gasteiger partial charge in [-0.15, -0.1) is 0 Å². The van der Waals surface area contributed by atoms with Gasteiger partial charge in [0.2, 0.25) is 15.9 Å². The molecule has 35 heavy (non-hydrogen) atoms. The van der Waals surface area contributed by atoms with E-state index in [9.17, 15) is 18.0 Å². The summed E-state index contributed by atoms with van der Waals surface area (Å²) in [7, 11) is -3.70. The highest BCUT2D eigenvalue weighted by Crippen LogP contribution is 2.22. The van der Waals surface area contributed by atoms with Gasteiger partial charge in [-0.3, -0.25) is 9.59 Å². The highest BCUT2D eigenvalue weighted by molar-refractivity contribution is 7.89. The van der Waals surface area contributed by atoms with Crippen LogP contribution in [0.1, 0.15) is 42.6 Å². The molecule has 0 saturated carbocycles. The maximum absolute atomic E-state index is 13.1. The zero-order chi connectivity index (χ0) is 25.0. The standard InChI is InChI=1S/C26H33N3O5S/c1-19-17-29(18-20(2)34-19)35(32,33)23-12-10-22(11-13-23)25(30)27-24(16-21-8-4-3-5-9-21)26(31)28-14-6-7-15-28/h3-5,8-13,19-20,24H,6-7,14-18H2,1-2H3,(H,27,30)/t19-,20+,24-/m1/s1. The molecule has 2 aromatic carbocycles. The molecule has 0 radical (unpaired) electrons. The summed E-state index contributed by atoms with van der Waals surface area (Å²) in [5.74, 6) is -0.495. The number of hydrogen-bond acceptors (Lipinski definition) is 5. The lowest BCUT2D eigenvalue weighted by Gasteiger charge is -2.34. The molecule has 0 aromatic heterocycles. The van der Waals surface area contributed by atoms with E-state index < -0.39 is 22.0 Å². The molecular weight excluding hydrogens is 466 g/mol. The SMILES string of the molecule is C[C@@H]1CN(S(=O)(=O)c2ccc(C(=O)N[C@H](Cc3ccccc3)C(=O)N3CCCC3)cc2)C[C@H](C)O1. The number of likely N-dealkylation sites (tertiary alicyclic amines) is 1. The molecule has 2 fully saturated rings. The average molecular weight is 500 g/mol. The van der Waals surface area contributed by atoms with Crippen LogP contribution in [0.4, 0.5) is 0 Å². The van der Waals surface area contributed by atoms with Gasteiger partial charge < -0.3 is 15.0 Å². The molecule has 188 valence electrons. The molecule has 4 rings (SSSR count). The van der Waals surface area contributed by atoms with Gasteiger partial charge in [-0.2, -0.15) is 4.31 Å². The number of nitrogens with one attached hydrogen (secondary N) is 1. The Hall–Kier alpha value is -2.75. The Morgan fingerprint density at radius 3 is 2.17 bits per heavy atom. The fourth-order valence-corrected chi connectivity index (χ4v) is 6.29. The number of amides is 2. The maximum Gasteiger partial charge on any atom is 0.251 e. The fourth-order valence-electron chi connectivity index (χ4n) is 4.70. The number of hydrogen-bond donors (Lipinski definition) is 1. The van der Waals surface area contributed by atoms with Crippen LogP contribution in [0.5, 0.6) is 0 Å². The van der Waals surface area contributed by atoms with Crippen LogP contribution < -0.4 is 5.32 Å². The van der Waals surface area contributed by atoms with Gasteiger partial charge in [-0.25, -0.2) is 8.42 Å². The van der Waals surface area contributed by atoms with Crippen LogP contribution >= 0.6 is 0 Å². The minimum Gasteiger partial charge on any atom is -0.373 e. The van der Waals surface area contributed by atoms with Gasteiger partial charge in [-0.05, 0) is 56.5 Å². The summed E-state index contributed by atoms with van der Waals surface area (Å²) in [6.07, 6.45) is 1.95. The molecule has 2 saturated heterocycles. The normalized spacial score (nSPS) is 22.1. The van der Waals surface area contributed by atoms with E-state index >= 15 is 0 Å².